The molecule has 0 saturated heterocycles. The number of aliphatic hydroxyl groups is 1. The largest absolute Gasteiger partial charge is 0.464 e. The minimum absolute atomic E-state index is 0.0225. The Balaban J connectivity index is 2.39. The van der Waals surface area contributed by atoms with Crippen molar-refractivity contribution < 1.29 is 23.8 Å². The Bertz CT molecular complexity index is 515. The van der Waals surface area contributed by atoms with Crippen LogP contribution in [0.3, 0.4) is 0 Å². The molecule has 6 heteroatoms. The smallest absolute Gasteiger partial charge is 0.339 e. The lowest BCUT2D eigenvalue weighted by Gasteiger charge is -2.14. The van der Waals surface area contributed by atoms with Gasteiger partial charge in [-0.2, -0.15) is 0 Å². The number of halogens is 1. The standard InChI is InChI=1S/C12H12FNO4/c1-2-18-12(17)11(16)8-5-7(13)3-6-4-9(15)14-10(6)8/h3,5,11,16H,2,4H2,1H3,(H,14,15). The van der Waals surface area contributed by atoms with Gasteiger partial charge in [-0.1, -0.05) is 0 Å². The zero-order chi connectivity index (χ0) is 13.3. The van der Waals surface area contributed by atoms with Crippen LogP contribution in [0.15, 0.2) is 12.1 Å². The fraction of sp³-hybridized carbons (Fsp3) is 0.333. The van der Waals surface area contributed by atoms with Crippen LogP contribution in [0.5, 0.6) is 0 Å². The molecule has 18 heavy (non-hydrogen) atoms. The van der Waals surface area contributed by atoms with E-state index in [2.05, 4.69) is 10.1 Å². The molecule has 1 aromatic carbocycles. The molecule has 0 fully saturated rings. The Morgan fingerprint density at radius 2 is 2.33 bits per heavy atom. The molecule has 5 nitrogen and oxygen atoms in total. The fourth-order valence-corrected chi connectivity index (χ4v) is 1.90. The predicted octanol–water partition coefficient (Wildman–Crippen LogP) is 0.917. The molecule has 2 N–H and O–H groups in total. The number of nitrogens with one attached hydrogen (secondary N) is 1. The zero-order valence-electron chi connectivity index (χ0n) is 9.70. The van der Waals surface area contributed by atoms with Crippen molar-refractivity contribution in [1.29, 1.82) is 0 Å². The molecule has 1 amide bonds. The summed E-state index contributed by atoms with van der Waals surface area (Å²) in [5, 5.41) is 12.3. The molecule has 1 atom stereocenters. The van der Waals surface area contributed by atoms with Crippen LogP contribution in [-0.2, 0) is 20.7 Å². The van der Waals surface area contributed by atoms with Gasteiger partial charge >= 0.3 is 5.97 Å². The van der Waals surface area contributed by atoms with Crippen LogP contribution in [-0.4, -0.2) is 23.6 Å². The van der Waals surface area contributed by atoms with Crippen molar-refractivity contribution in [1.82, 2.24) is 0 Å². The first-order valence-corrected chi connectivity index (χ1v) is 5.49. The molecule has 1 aromatic rings. The Kier molecular flexibility index (Phi) is 3.29. The summed E-state index contributed by atoms with van der Waals surface area (Å²) < 4.78 is 18.0. The van der Waals surface area contributed by atoms with Gasteiger partial charge in [-0.05, 0) is 24.6 Å². The maximum Gasteiger partial charge on any atom is 0.339 e. The Hall–Kier alpha value is -1.95. The van der Waals surface area contributed by atoms with Crippen LogP contribution in [0.2, 0.25) is 0 Å². The Morgan fingerprint density at radius 3 is 3.00 bits per heavy atom. The van der Waals surface area contributed by atoms with Crippen molar-refractivity contribution in [3.8, 4) is 0 Å². The summed E-state index contributed by atoms with van der Waals surface area (Å²) in [4.78, 5) is 22.7. The van der Waals surface area contributed by atoms with E-state index >= 15 is 0 Å². The first-order chi connectivity index (χ1) is 8.52. The number of hydrogen-bond acceptors (Lipinski definition) is 4. The number of rotatable bonds is 3. The minimum atomic E-state index is -1.60. The summed E-state index contributed by atoms with van der Waals surface area (Å²) in [5.74, 6) is -1.78. The molecule has 0 radical (unpaired) electrons. The highest BCUT2D eigenvalue weighted by molar-refractivity contribution is 6.01. The van der Waals surface area contributed by atoms with Crippen molar-refractivity contribution in [2.45, 2.75) is 19.4 Å². The van der Waals surface area contributed by atoms with Crippen LogP contribution in [0.25, 0.3) is 0 Å². The van der Waals surface area contributed by atoms with Gasteiger partial charge in [0.2, 0.25) is 5.91 Å². The predicted molar refractivity (Wildman–Crippen MR) is 60.3 cm³/mol. The Labute approximate surface area is 103 Å². The van der Waals surface area contributed by atoms with Gasteiger partial charge in [-0.25, -0.2) is 9.18 Å². The van der Waals surface area contributed by atoms with Crippen molar-refractivity contribution in [3.05, 3.63) is 29.1 Å². The summed E-state index contributed by atoms with van der Waals surface area (Å²) in [6, 6.07) is 2.22. The van der Waals surface area contributed by atoms with Gasteiger partial charge in [0.1, 0.15) is 5.82 Å². The van der Waals surface area contributed by atoms with Gasteiger partial charge in [0, 0.05) is 5.56 Å². The van der Waals surface area contributed by atoms with E-state index in [0.29, 0.717) is 11.3 Å². The fourth-order valence-electron chi connectivity index (χ4n) is 1.90. The minimum Gasteiger partial charge on any atom is -0.464 e. The second kappa shape index (κ2) is 4.73. The van der Waals surface area contributed by atoms with Crippen molar-refractivity contribution in [2.24, 2.45) is 0 Å². The number of carbonyl (C=O) groups excluding carboxylic acids is 2. The quantitative estimate of drug-likeness (QED) is 0.785. The summed E-state index contributed by atoms with van der Waals surface area (Å²) in [6.07, 6.45) is -1.57. The zero-order valence-corrected chi connectivity index (χ0v) is 9.70. The summed E-state index contributed by atoms with van der Waals surface area (Å²) >= 11 is 0. The average molecular weight is 253 g/mol. The molecule has 0 aliphatic carbocycles. The summed E-state index contributed by atoms with van der Waals surface area (Å²) in [5.41, 5.74) is 0.745. The van der Waals surface area contributed by atoms with E-state index in [1.807, 2.05) is 0 Å². The maximum absolute atomic E-state index is 13.4. The molecular weight excluding hydrogens is 241 g/mol. The van der Waals surface area contributed by atoms with Gasteiger partial charge in [0.05, 0.1) is 18.7 Å². The van der Waals surface area contributed by atoms with Gasteiger partial charge in [0.15, 0.2) is 6.10 Å². The first kappa shape index (κ1) is 12.5. The van der Waals surface area contributed by atoms with E-state index in [1.165, 1.54) is 6.07 Å². The molecular formula is C12H12FNO4. The number of anilines is 1. The molecule has 2 rings (SSSR count). The molecule has 0 bridgehead atoms. The second-order valence-corrected chi connectivity index (χ2v) is 3.91. The third-order valence-electron chi connectivity index (χ3n) is 2.64. The average Bonchev–Trinajstić information content (AvgIpc) is 2.67. The van der Waals surface area contributed by atoms with Gasteiger partial charge in [-0.3, -0.25) is 4.79 Å². The Morgan fingerprint density at radius 1 is 1.61 bits per heavy atom. The van der Waals surface area contributed by atoms with Crippen LogP contribution in [0.4, 0.5) is 10.1 Å². The third-order valence-corrected chi connectivity index (χ3v) is 2.64. The van der Waals surface area contributed by atoms with Crippen molar-refractivity contribution in [3.63, 3.8) is 0 Å². The van der Waals surface area contributed by atoms with Crippen molar-refractivity contribution in [2.75, 3.05) is 11.9 Å². The number of ether oxygens (including phenoxy) is 1. The molecule has 96 valence electrons. The molecule has 1 unspecified atom stereocenters. The van der Waals surface area contributed by atoms with Crippen LogP contribution >= 0.6 is 0 Å². The second-order valence-electron chi connectivity index (χ2n) is 3.91. The normalized spacial score (nSPS) is 14.9. The summed E-state index contributed by atoms with van der Waals surface area (Å²) in [7, 11) is 0. The van der Waals surface area contributed by atoms with E-state index in [4.69, 9.17) is 0 Å². The van der Waals surface area contributed by atoms with Crippen LogP contribution < -0.4 is 5.32 Å². The van der Waals surface area contributed by atoms with Crippen LogP contribution in [0.1, 0.15) is 24.2 Å². The van der Waals surface area contributed by atoms with E-state index in [1.54, 1.807) is 6.92 Å². The molecule has 0 saturated carbocycles. The number of amides is 1. The number of benzene rings is 1. The molecule has 1 aliphatic rings. The van der Waals surface area contributed by atoms with E-state index in [-0.39, 0.29) is 24.5 Å². The van der Waals surface area contributed by atoms with E-state index < -0.39 is 17.9 Å². The third kappa shape index (κ3) is 2.19. The molecule has 0 spiro atoms. The highest BCUT2D eigenvalue weighted by atomic mass is 19.1. The van der Waals surface area contributed by atoms with Crippen LogP contribution in [0, 0.1) is 5.82 Å². The first-order valence-electron chi connectivity index (χ1n) is 5.49. The van der Waals surface area contributed by atoms with Gasteiger partial charge in [0.25, 0.3) is 0 Å². The highest BCUT2D eigenvalue weighted by Crippen LogP contribution is 2.32. The summed E-state index contributed by atoms with van der Waals surface area (Å²) in [6.45, 7) is 1.71. The lowest BCUT2D eigenvalue weighted by atomic mass is 10.0. The number of hydrogen-bond donors (Lipinski definition) is 2. The van der Waals surface area contributed by atoms with Gasteiger partial charge in [-0.15, -0.1) is 0 Å². The topological polar surface area (TPSA) is 75.6 Å². The van der Waals surface area contributed by atoms with E-state index in [0.717, 1.165) is 6.07 Å². The lowest BCUT2D eigenvalue weighted by Crippen LogP contribution is -2.17. The van der Waals surface area contributed by atoms with Crippen molar-refractivity contribution >= 4 is 17.6 Å². The number of fused-ring (bicyclic) bond motifs is 1. The number of carbonyl (C=O) groups is 2. The molecule has 1 aliphatic heterocycles. The lowest BCUT2D eigenvalue weighted by molar-refractivity contribution is -0.153. The maximum atomic E-state index is 13.4. The molecule has 0 aromatic heterocycles. The SMILES string of the molecule is CCOC(=O)C(O)c1cc(F)cc2c1NC(=O)C2. The molecule has 1 heterocycles. The monoisotopic (exact) mass is 253 g/mol. The van der Waals surface area contributed by atoms with Gasteiger partial charge < -0.3 is 15.2 Å². The van der Waals surface area contributed by atoms with E-state index in [9.17, 15) is 19.1 Å². The number of esters is 1. The highest BCUT2D eigenvalue weighted by Gasteiger charge is 2.29. The number of aliphatic hydroxyl groups excluding tert-OH is 1.